The van der Waals surface area contributed by atoms with E-state index in [0.717, 1.165) is 19.2 Å². The molecule has 0 aliphatic rings. The number of esters is 1. The predicted octanol–water partition coefficient (Wildman–Crippen LogP) is 2.55. The highest BCUT2D eigenvalue weighted by molar-refractivity contribution is 5.92. The Hall–Kier alpha value is -2.23. The van der Waals surface area contributed by atoms with Crippen molar-refractivity contribution < 1.29 is 27.4 Å². The van der Waals surface area contributed by atoms with Gasteiger partial charge in [-0.15, -0.1) is 13.2 Å². The lowest BCUT2D eigenvalue weighted by atomic mass is 10.0. The van der Waals surface area contributed by atoms with Gasteiger partial charge in [0.05, 0.1) is 24.3 Å². The first kappa shape index (κ1) is 13.8. The zero-order valence-corrected chi connectivity index (χ0v) is 9.46. The molecule has 7 heteroatoms. The maximum Gasteiger partial charge on any atom is 0.573 e. The number of nitrogens with zero attached hydrogens (tertiary/aromatic N) is 1. The lowest BCUT2D eigenvalue weighted by molar-refractivity contribution is -0.274. The Bertz CT molecular complexity index is 517. The third-order valence-electron chi connectivity index (χ3n) is 2.14. The van der Waals surface area contributed by atoms with Crippen molar-refractivity contribution in [3.8, 4) is 11.8 Å². The molecule has 0 aliphatic heterocycles. The van der Waals surface area contributed by atoms with Crippen molar-refractivity contribution in [2.24, 2.45) is 0 Å². The Morgan fingerprint density at radius 1 is 1.39 bits per heavy atom. The van der Waals surface area contributed by atoms with Crippen LogP contribution in [0.3, 0.4) is 0 Å². The van der Waals surface area contributed by atoms with Crippen LogP contribution in [0.5, 0.6) is 5.75 Å². The molecule has 0 unspecified atom stereocenters. The van der Waals surface area contributed by atoms with Crippen molar-refractivity contribution in [1.29, 1.82) is 5.26 Å². The van der Waals surface area contributed by atoms with Crippen molar-refractivity contribution in [2.75, 3.05) is 7.11 Å². The lowest BCUT2D eigenvalue weighted by Crippen LogP contribution is -2.18. The van der Waals surface area contributed by atoms with E-state index in [0.29, 0.717) is 0 Å². The number of ether oxygens (including phenoxy) is 2. The van der Waals surface area contributed by atoms with Gasteiger partial charge in [0, 0.05) is 0 Å². The largest absolute Gasteiger partial charge is 0.573 e. The van der Waals surface area contributed by atoms with Gasteiger partial charge in [0.15, 0.2) is 0 Å². The van der Waals surface area contributed by atoms with Crippen LogP contribution in [0.25, 0.3) is 0 Å². The van der Waals surface area contributed by atoms with Crippen molar-refractivity contribution >= 4 is 5.97 Å². The Balaban J connectivity index is 3.32. The van der Waals surface area contributed by atoms with Crippen LogP contribution in [-0.2, 0) is 4.74 Å². The minimum atomic E-state index is -4.89. The molecule has 0 spiro atoms. The second kappa shape index (κ2) is 4.96. The van der Waals surface area contributed by atoms with E-state index < -0.39 is 18.1 Å². The number of methoxy groups -OCH3 is 1. The SMILES string of the molecule is COC(=O)c1cc(OC(F)(F)F)cc(C#N)c1C. The van der Waals surface area contributed by atoms with Gasteiger partial charge in [-0.05, 0) is 24.6 Å². The van der Waals surface area contributed by atoms with Gasteiger partial charge in [-0.25, -0.2) is 4.79 Å². The predicted molar refractivity (Wildman–Crippen MR) is 53.9 cm³/mol. The molecule has 96 valence electrons. The molecule has 0 bridgehead atoms. The van der Waals surface area contributed by atoms with E-state index in [4.69, 9.17) is 5.26 Å². The fourth-order valence-electron chi connectivity index (χ4n) is 1.32. The van der Waals surface area contributed by atoms with Crippen LogP contribution in [-0.4, -0.2) is 19.4 Å². The van der Waals surface area contributed by atoms with Gasteiger partial charge < -0.3 is 9.47 Å². The minimum Gasteiger partial charge on any atom is -0.465 e. The summed E-state index contributed by atoms with van der Waals surface area (Å²) in [6.07, 6.45) is -4.89. The fourth-order valence-corrected chi connectivity index (χ4v) is 1.32. The highest BCUT2D eigenvalue weighted by Gasteiger charge is 2.32. The lowest BCUT2D eigenvalue weighted by Gasteiger charge is -2.12. The molecule has 0 amide bonds. The number of benzene rings is 1. The van der Waals surface area contributed by atoms with Crippen molar-refractivity contribution in [3.63, 3.8) is 0 Å². The number of hydrogen-bond donors (Lipinski definition) is 0. The molecule has 1 aromatic carbocycles. The Morgan fingerprint density at radius 2 is 2.00 bits per heavy atom. The van der Waals surface area contributed by atoms with Crippen LogP contribution >= 0.6 is 0 Å². The number of alkyl halides is 3. The number of carbonyl (C=O) groups excluding carboxylic acids is 1. The summed E-state index contributed by atoms with van der Waals surface area (Å²) in [5, 5.41) is 8.78. The zero-order valence-electron chi connectivity index (χ0n) is 9.46. The van der Waals surface area contributed by atoms with Crippen LogP contribution in [0.1, 0.15) is 21.5 Å². The number of hydrogen-bond acceptors (Lipinski definition) is 4. The third kappa shape index (κ3) is 3.13. The summed E-state index contributed by atoms with van der Waals surface area (Å²) in [4.78, 5) is 11.4. The molecule has 0 saturated carbocycles. The molecule has 0 fully saturated rings. The average Bonchev–Trinajstić information content (AvgIpc) is 2.28. The molecule has 1 rings (SSSR count). The zero-order chi connectivity index (χ0) is 13.9. The normalized spacial score (nSPS) is 10.7. The van der Waals surface area contributed by atoms with Crippen LogP contribution in [0.2, 0.25) is 0 Å². The van der Waals surface area contributed by atoms with Gasteiger partial charge in [0.2, 0.25) is 0 Å². The first-order chi connectivity index (χ1) is 8.28. The molecule has 0 radical (unpaired) electrons. The molecule has 0 saturated heterocycles. The Morgan fingerprint density at radius 3 is 2.44 bits per heavy atom. The first-order valence-electron chi connectivity index (χ1n) is 4.67. The molecular weight excluding hydrogens is 251 g/mol. The van der Waals surface area contributed by atoms with Crippen molar-refractivity contribution in [3.05, 3.63) is 28.8 Å². The van der Waals surface area contributed by atoms with E-state index in [9.17, 15) is 18.0 Å². The van der Waals surface area contributed by atoms with Gasteiger partial charge >= 0.3 is 12.3 Å². The van der Waals surface area contributed by atoms with Crippen LogP contribution in [0.4, 0.5) is 13.2 Å². The number of carbonyl (C=O) groups is 1. The fraction of sp³-hybridized carbons (Fsp3) is 0.273. The molecule has 4 nitrogen and oxygen atoms in total. The molecule has 0 heterocycles. The van der Waals surface area contributed by atoms with Gasteiger partial charge in [0.25, 0.3) is 0 Å². The molecular formula is C11H8F3NO3. The quantitative estimate of drug-likeness (QED) is 0.766. The smallest absolute Gasteiger partial charge is 0.465 e. The van der Waals surface area contributed by atoms with Crippen molar-refractivity contribution in [2.45, 2.75) is 13.3 Å². The van der Waals surface area contributed by atoms with Crippen molar-refractivity contribution in [1.82, 2.24) is 0 Å². The van der Waals surface area contributed by atoms with Gasteiger partial charge in [-0.3, -0.25) is 0 Å². The first-order valence-corrected chi connectivity index (χ1v) is 4.67. The summed E-state index contributed by atoms with van der Waals surface area (Å²) in [7, 11) is 1.09. The van der Waals surface area contributed by atoms with E-state index in [-0.39, 0.29) is 16.7 Å². The minimum absolute atomic E-state index is 0.0860. The second-order valence-corrected chi connectivity index (χ2v) is 3.29. The maximum absolute atomic E-state index is 12.1. The number of halogens is 3. The molecule has 0 aliphatic carbocycles. The summed E-state index contributed by atoms with van der Waals surface area (Å²) in [5.74, 6) is -1.47. The molecule has 0 atom stereocenters. The Labute approximate surface area is 101 Å². The third-order valence-corrected chi connectivity index (χ3v) is 2.14. The van der Waals surface area contributed by atoms with Gasteiger partial charge in [0.1, 0.15) is 5.75 Å². The summed E-state index contributed by atoms with van der Waals surface area (Å²) in [6.45, 7) is 1.43. The summed E-state index contributed by atoms with van der Waals surface area (Å²) in [6, 6.07) is 3.48. The molecule has 1 aromatic rings. The molecule has 0 aromatic heterocycles. The molecule has 18 heavy (non-hydrogen) atoms. The number of nitriles is 1. The monoisotopic (exact) mass is 259 g/mol. The van der Waals surface area contributed by atoms with E-state index in [1.54, 1.807) is 6.07 Å². The highest BCUT2D eigenvalue weighted by Crippen LogP contribution is 2.27. The van der Waals surface area contributed by atoms with Crippen LogP contribution in [0.15, 0.2) is 12.1 Å². The maximum atomic E-state index is 12.1. The molecule has 0 N–H and O–H groups in total. The second-order valence-electron chi connectivity index (χ2n) is 3.29. The standard InChI is InChI=1S/C11H8F3NO3/c1-6-7(5-15)3-8(18-11(12,13)14)4-9(6)10(16)17-2/h3-4H,1-2H3. The van der Waals surface area contributed by atoms with Gasteiger partial charge in [-0.1, -0.05) is 0 Å². The van der Waals surface area contributed by atoms with Gasteiger partial charge in [-0.2, -0.15) is 5.26 Å². The summed E-state index contributed by atoms with van der Waals surface area (Å²) < 4.78 is 44.3. The van der Waals surface area contributed by atoms with E-state index in [2.05, 4.69) is 9.47 Å². The van der Waals surface area contributed by atoms with Crippen LogP contribution < -0.4 is 4.74 Å². The highest BCUT2D eigenvalue weighted by atomic mass is 19.4. The topological polar surface area (TPSA) is 59.3 Å². The average molecular weight is 259 g/mol. The summed E-state index contributed by atoms with van der Waals surface area (Å²) in [5.41, 5.74) is 0.00632. The van der Waals surface area contributed by atoms with E-state index >= 15 is 0 Å². The summed E-state index contributed by atoms with van der Waals surface area (Å²) >= 11 is 0. The van der Waals surface area contributed by atoms with E-state index in [1.165, 1.54) is 6.92 Å². The number of rotatable bonds is 2. The Kier molecular flexibility index (Phi) is 3.81. The van der Waals surface area contributed by atoms with Crippen LogP contribution in [0, 0.1) is 18.3 Å². The van der Waals surface area contributed by atoms with E-state index in [1.807, 2.05) is 0 Å².